The summed E-state index contributed by atoms with van der Waals surface area (Å²) in [5.41, 5.74) is 5.54. The highest BCUT2D eigenvalue weighted by molar-refractivity contribution is 6.04. The number of alkyl halides is 3. The van der Waals surface area contributed by atoms with E-state index in [1.54, 1.807) is 13.1 Å². The number of amidine groups is 1. The SMILES string of the molecule is C=CC(=O)Nc1ccc(C(F)(F)F)cc1NC(C)=N/C=C(/CC)C(=C)C.CC.CC(C)=O.CCc1cc(C)cc(CC)c1. The number of carbonyl (C=O) groups excluding carboxylic acids is 2. The maximum atomic E-state index is 13.0. The monoisotopic (exact) mass is 601 g/mol. The van der Waals surface area contributed by atoms with Crippen molar-refractivity contribution in [1.29, 1.82) is 0 Å². The Morgan fingerprint density at radius 1 is 0.884 bits per heavy atom. The van der Waals surface area contributed by atoms with Crippen LogP contribution in [-0.2, 0) is 28.6 Å². The van der Waals surface area contributed by atoms with Crippen LogP contribution in [0, 0.1) is 6.92 Å². The number of nitrogens with zero attached hydrogens (tertiary/aromatic N) is 1. The van der Waals surface area contributed by atoms with Crippen LogP contribution >= 0.6 is 0 Å². The number of hydrogen-bond donors (Lipinski definition) is 2. The van der Waals surface area contributed by atoms with Crippen molar-refractivity contribution in [2.45, 2.75) is 94.7 Å². The number of Topliss-reactive ketones (excluding diaryl/α,β-unsaturated/α-hetero) is 1. The van der Waals surface area contributed by atoms with Crippen LogP contribution in [0.4, 0.5) is 24.5 Å². The van der Waals surface area contributed by atoms with Gasteiger partial charge >= 0.3 is 6.18 Å². The second-order valence-electron chi connectivity index (χ2n) is 9.52. The molecule has 2 rings (SSSR count). The molecule has 2 aromatic carbocycles. The molecule has 1 amide bonds. The summed E-state index contributed by atoms with van der Waals surface area (Å²) in [6.07, 6.45) is 1.17. The lowest BCUT2D eigenvalue weighted by atomic mass is 10.0. The van der Waals surface area contributed by atoms with Gasteiger partial charge in [-0.15, -0.1) is 0 Å². The van der Waals surface area contributed by atoms with Crippen LogP contribution in [0.3, 0.4) is 0 Å². The number of ketones is 1. The average molecular weight is 602 g/mol. The Morgan fingerprint density at radius 2 is 1.40 bits per heavy atom. The molecular weight excluding hydrogens is 551 g/mol. The van der Waals surface area contributed by atoms with Crippen LogP contribution in [0.2, 0.25) is 0 Å². The summed E-state index contributed by atoms with van der Waals surface area (Å²) in [4.78, 5) is 25.2. The molecule has 2 N–H and O–H groups in total. The van der Waals surface area contributed by atoms with Gasteiger partial charge in [-0.05, 0) is 94.9 Å². The Labute approximate surface area is 257 Å². The first-order chi connectivity index (χ1) is 20.1. The summed E-state index contributed by atoms with van der Waals surface area (Å²) in [5.74, 6) is 0.00322. The van der Waals surface area contributed by atoms with Gasteiger partial charge in [-0.1, -0.05) is 77.1 Å². The summed E-state index contributed by atoms with van der Waals surface area (Å²) in [5, 5.41) is 5.26. The molecule has 0 saturated heterocycles. The molecule has 0 aromatic heterocycles. The van der Waals surface area contributed by atoms with Crippen LogP contribution < -0.4 is 10.6 Å². The van der Waals surface area contributed by atoms with Crippen molar-refractivity contribution < 1.29 is 22.8 Å². The van der Waals surface area contributed by atoms with Crippen molar-refractivity contribution >= 4 is 28.9 Å². The topological polar surface area (TPSA) is 70.6 Å². The highest BCUT2D eigenvalue weighted by Crippen LogP contribution is 2.34. The summed E-state index contributed by atoms with van der Waals surface area (Å²) in [6, 6.07) is 9.82. The van der Waals surface area contributed by atoms with Gasteiger partial charge in [0.1, 0.15) is 11.6 Å². The second-order valence-corrected chi connectivity index (χ2v) is 9.52. The summed E-state index contributed by atoms with van der Waals surface area (Å²) in [6.45, 7) is 26.2. The predicted octanol–water partition coefficient (Wildman–Crippen LogP) is 10.3. The van der Waals surface area contributed by atoms with Gasteiger partial charge in [-0.25, -0.2) is 4.99 Å². The van der Waals surface area contributed by atoms with Crippen LogP contribution in [0.5, 0.6) is 0 Å². The molecule has 0 atom stereocenters. The van der Waals surface area contributed by atoms with Gasteiger partial charge in [-0.2, -0.15) is 13.2 Å². The molecule has 0 aliphatic heterocycles. The number of nitrogens with one attached hydrogen (secondary N) is 2. The van der Waals surface area contributed by atoms with E-state index >= 15 is 0 Å². The average Bonchev–Trinajstić information content (AvgIpc) is 2.94. The predicted molar refractivity (Wildman–Crippen MR) is 178 cm³/mol. The van der Waals surface area contributed by atoms with Gasteiger partial charge in [0.15, 0.2) is 0 Å². The summed E-state index contributed by atoms with van der Waals surface area (Å²) in [7, 11) is 0. The molecule has 0 heterocycles. The minimum Gasteiger partial charge on any atom is -0.342 e. The molecule has 0 saturated carbocycles. The van der Waals surface area contributed by atoms with E-state index < -0.39 is 17.6 Å². The smallest absolute Gasteiger partial charge is 0.342 e. The van der Waals surface area contributed by atoms with Crippen molar-refractivity contribution in [2.24, 2.45) is 4.99 Å². The molecule has 0 unspecified atom stereocenters. The number of anilines is 2. The van der Waals surface area contributed by atoms with Crippen molar-refractivity contribution in [1.82, 2.24) is 0 Å². The quantitative estimate of drug-likeness (QED) is 0.137. The highest BCUT2D eigenvalue weighted by atomic mass is 19.4. The van der Waals surface area contributed by atoms with E-state index in [2.05, 4.69) is 67.8 Å². The van der Waals surface area contributed by atoms with Gasteiger partial charge in [0.05, 0.1) is 16.9 Å². The molecule has 5 nitrogen and oxygen atoms in total. The first-order valence-electron chi connectivity index (χ1n) is 14.4. The minimum absolute atomic E-state index is 0.0815. The number of rotatable bonds is 8. The number of hydrogen-bond acceptors (Lipinski definition) is 3. The maximum absolute atomic E-state index is 13.0. The Kier molecular flexibility index (Phi) is 20.8. The molecule has 0 fully saturated rings. The number of benzene rings is 2. The van der Waals surface area contributed by atoms with Gasteiger partial charge in [-0.3, -0.25) is 4.79 Å². The van der Waals surface area contributed by atoms with Crippen LogP contribution in [0.15, 0.2) is 78.0 Å². The van der Waals surface area contributed by atoms with E-state index in [0.717, 1.165) is 48.6 Å². The van der Waals surface area contributed by atoms with E-state index in [4.69, 9.17) is 0 Å². The fourth-order valence-electron chi connectivity index (χ4n) is 3.38. The number of amides is 1. The van der Waals surface area contributed by atoms with Crippen LogP contribution in [-0.4, -0.2) is 17.5 Å². The minimum atomic E-state index is -4.50. The number of carbonyl (C=O) groups is 2. The Morgan fingerprint density at radius 3 is 1.79 bits per heavy atom. The van der Waals surface area contributed by atoms with E-state index in [1.165, 1.54) is 36.6 Å². The lowest BCUT2D eigenvalue weighted by Gasteiger charge is -2.15. The normalized spacial score (nSPS) is 10.9. The lowest BCUT2D eigenvalue weighted by Crippen LogP contribution is -2.15. The van der Waals surface area contributed by atoms with Crippen molar-refractivity contribution in [2.75, 3.05) is 10.6 Å². The van der Waals surface area contributed by atoms with Crippen molar-refractivity contribution in [3.8, 4) is 0 Å². The number of halogens is 3. The molecule has 238 valence electrons. The molecular formula is C35H50F3N3O2. The highest BCUT2D eigenvalue weighted by Gasteiger charge is 2.31. The molecule has 2 aromatic rings. The molecule has 8 heteroatoms. The summed E-state index contributed by atoms with van der Waals surface area (Å²) >= 11 is 0. The fourth-order valence-corrected chi connectivity index (χ4v) is 3.38. The molecule has 0 radical (unpaired) electrons. The first-order valence-corrected chi connectivity index (χ1v) is 14.4. The molecule has 0 bridgehead atoms. The third kappa shape index (κ3) is 18.3. The van der Waals surface area contributed by atoms with Gasteiger partial charge in [0.2, 0.25) is 5.91 Å². The zero-order valence-corrected chi connectivity index (χ0v) is 27.6. The molecule has 0 aliphatic rings. The maximum Gasteiger partial charge on any atom is 0.416 e. The fraction of sp³-hybridized carbons (Fsp3) is 0.400. The van der Waals surface area contributed by atoms with Crippen LogP contribution in [0.1, 0.15) is 91.0 Å². The standard InChI is InChI=1S/C19H22F3N3O.C11H16.C3H6O.C2H6/c1-6-14(12(3)4)11-23-13(5)24-17-10-15(19(20,21)22)8-9-16(17)25-18(26)7-2;1-4-10-6-9(3)7-11(5-2)8-10;1-3(2)4;1-2/h7-11H,2-3,6H2,1,4-5H3,(H,23,24)(H,25,26);6-8H,4-5H2,1-3H3;1-2H3;1-2H3/b14-11-;;;. The van der Waals surface area contributed by atoms with Gasteiger partial charge < -0.3 is 15.4 Å². The van der Waals surface area contributed by atoms with Gasteiger partial charge in [0.25, 0.3) is 0 Å². The molecule has 43 heavy (non-hydrogen) atoms. The van der Waals surface area contributed by atoms with E-state index in [9.17, 15) is 22.8 Å². The molecule has 0 spiro atoms. The zero-order valence-electron chi connectivity index (χ0n) is 27.6. The Hall–Kier alpha value is -3.94. The van der Waals surface area contributed by atoms with E-state index in [-0.39, 0.29) is 17.2 Å². The lowest BCUT2D eigenvalue weighted by molar-refractivity contribution is -0.137. The van der Waals surface area contributed by atoms with Crippen LogP contribution in [0.25, 0.3) is 0 Å². The van der Waals surface area contributed by atoms with Crippen molar-refractivity contribution in [3.63, 3.8) is 0 Å². The summed E-state index contributed by atoms with van der Waals surface area (Å²) < 4.78 is 38.9. The molecule has 0 aliphatic carbocycles. The second kappa shape index (κ2) is 21.7. The first kappa shape index (κ1) is 41.2. The Bertz CT molecular complexity index is 1230. The third-order valence-electron chi connectivity index (χ3n) is 5.46. The van der Waals surface area contributed by atoms with E-state index in [1.807, 2.05) is 27.7 Å². The number of aliphatic imine (C=N–C) groups is 1. The largest absolute Gasteiger partial charge is 0.416 e. The van der Waals surface area contributed by atoms with E-state index in [0.29, 0.717) is 5.84 Å². The number of aryl methyl sites for hydroxylation is 3. The van der Waals surface area contributed by atoms with Crippen molar-refractivity contribution in [3.05, 3.63) is 95.2 Å². The third-order valence-corrected chi connectivity index (χ3v) is 5.46. The Balaban J connectivity index is 0. The van der Waals surface area contributed by atoms with Gasteiger partial charge in [0, 0.05) is 6.20 Å². The zero-order chi connectivity index (χ0) is 33.8. The number of allylic oxidation sites excluding steroid dienone is 2.